The van der Waals surface area contributed by atoms with Crippen molar-refractivity contribution in [1.29, 1.82) is 0 Å². The van der Waals surface area contributed by atoms with Crippen molar-refractivity contribution in [3.8, 4) is 0 Å². The van der Waals surface area contributed by atoms with Gasteiger partial charge in [-0.1, -0.05) is 79.2 Å². The zero-order valence-corrected chi connectivity index (χ0v) is 19.3. The molecule has 1 aromatic heterocycles. The van der Waals surface area contributed by atoms with E-state index >= 15 is 0 Å². The van der Waals surface area contributed by atoms with Gasteiger partial charge in [0.15, 0.2) is 11.0 Å². The molecule has 0 aliphatic rings. The summed E-state index contributed by atoms with van der Waals surface area (Å²) in [6.07, 6.45) is 0.755. The van der Waals surface area contributed by atoms with Crippen molar-refractivity contribution in [2.24, 2.45) is 13.0 Å². The molecule has 7 heteroatoms. The molecular formula is C23H27ClN4OS. The average Bonchev–Trinajstić information content (AvgIpc) is 3.07. The van der Waals surface area contributed by atoms with Crippen LogP contribution in [-0.2, 0) is 12.8 Å². The lowest BCUT2D eigenvalue weighted by molar-refractivity contribution is 0.0929. The van der Waals surface area contributed by atoms with Crippen molar-refractivity contribution in [1.82, 2.24) is 20.1 Å². The van der Waals surface area contributed by atoms with E-state index in [1.54, 1.807) is 30.0 Å². The fraction of sp³-hybridized carbons (Fsp3) is 0.348. The van der Waals surface area contributed by atoms with E-state index in [-0.39, 0.29) is 11.9 Å². The predicted molar refractivity (Wildman–Crippen MR) is 123 cm³/mol. The Bertz CT molecular complexity index is 1000. The highest BCUT2D eigenvalue weighted by Crippen LogP contribution is 2.26. The number of nitrogens with zero attached hydrogens (tertiary/aromatic N) is 3. The molecule has 1 atom stereocenters. The third-order valence-corrected chi connectivity index (χ3v) is 6.22. The number of rotatable bonds is 8. The first-order valence-electron chi connectivity index (χ1n) is 9.98. The van der Waals surface area contributed by atoms with E-state index in [1.165, 1.54) is 11.1 Å². The molecule has 1 heterocycles. The maximum Gasteiger partial charge on any atom is 0.253 e. The number of halogens is 1. The van der Waals surface area contributed by atoms with Gasteiger partial charge in [0.05, 0.1) is 16.6 Å². The fourth-order valence-electron chi connectivity index (χ4n) is 3.17. The quantitative estimate of drug-likeness (QED) is 0.462. The molecule has 0 fully saturated rings. The van der Waals surface area contributed by atoms with Crippen molar-refractivity contribution in [2.45, 2.75) is 44.1 Å². The molecule has 1 N–H and O–H groups in total. The van der Waals surface area contributed by atoms with Gasteiger partial charge in [0.25, 0.3) is 5.91 Å². The number of aryl methyl sites for hydroxylation is 1. The first-order valence-corrected chi connectivity index (χ1v) is 11.3. The van der Waals surface area contributed by atoms with Crippen molar-refractivity contribution in [3.63, 3.8) is 0 Å². The highest BCUT2D eigenvalue weighted by molar-refractivity contribution is 7.98. The van der Waals surface area contributed by atoms with E-state index in [9.17, 15) is 4.79 Å². The topological polar surface area (TPSA) is 59.8 Å². The number of carbonyl (C=O) groups excluding carboxylic acids is 1. The lowest BCUT2D eigenvalue weighted by atomic mass is 10.0. The number of hydrogen-bond acceptors (Lipinski definition) is 4. The molecule has 3 rings (SSSR count). The van der Waals surface area contributed by atoms with Crippen LogP contribution in [0.3, 0.4) is 0 Å². The monoisotopic (exact) mass is 442 g/mol. The predicted octanol–water partition coefficient (Wildman–Crippen LogP) is 5.59. The summed E-state index contributed by atoms with van der Waals surface area (Å²) in [6, 6.07) is 15.3. The van der Waals surface area contributed by atoms with Crippen molar-refractivity contribution in [2.75, 3.05) is 0 Å². The van der Waals surface area contributed by atoms with Crippen LogP contribution < -0.4 is 5.32 Å². The molecule has 0 saturated heterocycles. The Morgan fingerprint density at radius 1 is 1.13 bits per heavy atom. The number of thioether (sulfide) groups is 1. The van der Waals surface area contributed by atoms with Crippen LogP contribution in [0.5, 0.6) is 0 Å². The van der Waals surface area contributed by atoms with E-state index in [0.29, 0.717) is 16.5 Å². The van der Waals surface area contributed by atoms with Crippen molar-refractivity contribution < 1.29 is 4.79 Å². The zero-order chi connectivity index (χ0) is 21.7. The molecule has 0 radical (unpaired) electrons. The Morgan fingerprint density at radius 3 is 2.50 bits per heavy atom. The number of nitrogens with one attached hydrogen (secondary N) is 1. The summed E-state index contributed by atoms with van der Waals surface area (Å²) in [7, 11) is 1.95. The maximum absolute atomic E-state index is 12.8. The Labute approximate surface area is 187 Å². The first kappa shape index (κ1) is 22.4. The highest BCUT2D eigenvalue weighted by Gasteiger charge is 2.24. The van der Waals surface area contributed by atoms with E-state index in [2.05, 4.69) is 60.6 Å². The smallest absolute Gasteiger partial charge is 0.253 e. The molecule has 0 saturated carbocycles. The second-order valence-corrected chi connectivity index (χ2v) is 9.16. The zero-order valence-electron chi connectivity index (χ0n) is 17.7. The first-order chi connectivity index (χ1) is 14.3. The SMILES string of the molecule is Cc1ccc(CSc2nnc(C(CC(C)C)NC(=O)c3ccccc3Cl)n2C)cc1. The standard InChI is InChI=1S/C23H27ClN4OS/c1-15(2)13-20(25-22(29)18-7-5-6-8-19(18)24)21-26-27-23(28(21)4)30-14-17-11-9-16(3)10-12-17/h5-12,15,20H,13-14H2,1-4H3,(H,25,29). The number of benzene rings is 2. The molecule has 0 bridgehead atoms. The second-order valence-electron chi connectivity index (χ2n) is 7.81. The molecule has 2 aromatic carbocycles. The summed E-state index contributed by atoms with van der Waals surface area (Å²) in [5.74, 6) is 1.73. The normalized spacial score (nSPS) is 12.2. The molecule has 30 heavy (non-hydrogen) atoms. The van der Waals surface area contributed by atoms with Gasteiger partial charge >= 0.3 is 0 Å². The summed E-state index contributed by atoms with van der Waals surface area (Å²) in [6.45, 7) is 6.33. The van der Waals surface area contributed by atoms with Gasteiger partial charge < -0.3 is 9.88 Å². The lowest BCUT2D eigenvalue weighted by Crippen LogP contribution is -2.31. The largest absolute Gasteiger partial charge is 0.342 e. The molecule has 1 unspecified atom stereocenters. The third kappa shape index (κ3) is 5.64. The second kappa shape index (κ2) is 10.1. The van der Waals surface area contributed by atoms with Gasteiger partial charge in [-0.15, -0.1) is 10.2 Å². The molecule has 1 amide bonds. The van der Waals surface area contributed by atoms with Crippen LogP contribution in [0.4, 0.5) is 0 Å². The van der Waals surface area contributed by atoms with Crippen LogP contribution in [0.25, 0.3) is 0 Å². The minimum absolute atomic E-state index is 0.205. The summed E-state index contributed by atoms with van der Waals surface area (Å²) in [4.78, 5) is 12.8. The van der Waals surface area contributed by atoms with E-state index < -0.39 is 0 Å². The van der Waals surface area contributed by atoms with Gasteiger partial charge in [-0.05, 0) is 37.0 Å². The molecular weight excluding hydrogens is 416 g/mol. The maximum atomic E-state index is 12.8. The van der Waals surface area contributed by atoms with Crippen LogP contribution in [0, 0.1) is 12.8 Å². The van der Waals surface area contributed by atoms with E-state index in [0.717, 1.165) is 23.2 Å². The van der Waals surface area contributed by atoms with Gasteiger partial charge in [-0.3, -0.25) is 4.79 Å². The van der Waals surface area contributed by atoms with Gasteiger partial charge in [-0.2, -0.15) is 0 Å². The molecule has 158 valence electrons. The summed E-state index contributed by atoms with van der Waals surface area (Å²) in [5, 5.41) is 13.1. The van der Waals surface area contributed by atoms with Crippen molar-refractivity contribution in [3.05, 3.63) is 76.1 Å². The van der Waals surface area contributed by atoms with Crippen LogP contribution in [0.15, 0.2) is 53.7 Å². The number of aromatic nitrogens is 3. The Morgan fingerprint density at radius 2 is 1.83 bits per heavy atom. The van der Waals surface area contributed by atoms with Crippen LogP contribution >= 0.6 is 23.4 Å². The molecule has 5 nitrogen and oxygen atoms in total. The number of amides is 1. The minimum atomic E-state index is -0.250. The highest BCUT2D eigenvalue weighted by atomic mass is 35.5. The summed E-state index contributed by atoms with van der Waals surface area (Å²) in [5.41, 5.74) is 2.94. The molecule has 3 aromatic rings. The van der Waals surface area contributed by atoms with Gasteiger partial charge in [0.1, 0.15) is 0 Å². The minimum Gasteiger partial charge on any atom is -0.342 e. The fourth-order valence-corrected chi connectivity index (χ4v) is 4.26. The lowest BCUT2D eigenvalue weighted by Gasteiger charge is -2.20. The van der Waals surface area contributed by atoms with Gasteiger partial charge in [-0.25, -0.2) is 0 Å². The summed E-state index contributed by atoms with van der Waals surface area (Å²) >= 11 is 7.84. The average molecular weight is 443 g/mol. The van der Waals surface area contributed by atoms with Crippen LogP contribution in [0.1, 0.15) is 53.6 Å². The third-order valence-electron chi connectivity index (χ3n) is 4.80. The van der Waals surface area contributed by atoms with Crippen molar-refractivity contribution >= 4 is 29.3 Å². The molecule has 0 spiro atoms. The number of carbonyl (C=O) groups is 1. The Balaban J connectivity index is 1.76. The Kier molecular flexibility index (Phi) is 7.56. The molecule has 0 aliphatic heterocycles. The van der Waals surface area contributed by atoms with Crippen LogP contribution in [0.2, 0.25) is 5.02 Å². The van der Waals surface area contributed by atoms with E-state index in [1.807, 2.05) is 17.7 Å². The van der Waals surface area contributed by atoms with Gasteiger partial charge in [0.2, 0.25) is 0 Å². The Hall–Kier alpha value is -2.31. The summed E-state index contributed by atoms with van der Waals surface area (Å²) < 4.78 is 1.97. The molecule has 0 aliphatic carbocycles. The number of hydrogen-bond donors (Lipinski definition) is 1. The van der Waals surface area contributed by atoms with Gasteiger partial charge in [0, 0.05) is 12.8 Å². The van der Waals surface area contributed by atoms with Crippen LogP contribution in [-0.4, -0.2) is 20.7 Å². The van der Waals surface area contributed by atoms with E-state index in [4.69, 9.17) is 11.6 Å².